The number of nitrogens with two attached hydrogens (primary N) is 1. The van der Waals surface area contributed by atoms with E-state index < -0.39 is 0 Å². The molecule has 17 heavy (non-hydrogen) atoms. The van der Waals surface area contributed by atoms with Crippen LogP contribution in [0.3, 0.4) is 0 Å². The van der Waals surface area contributed by atoms with Crippen LogP contribution < -0.4 is 5.73 Å². The van der Waals surface area contributed by atoms with E-state index in [0.29, 0.717) is 12.5 Å². The van der Waals surface area contributed by atoms with Gasteiger partial charge in [0, 0.05) is 25.6 Å². The van der Waals surface area contributed by atoms with Crippen molar-refractivity contribution in [3.8, 4) is 5.75 Å². The van der Waals surface area contributed by atoms with Crippen molar-refractivity contribution >= 4 is 5.84 Å². The summed E-state index contributed by atoms with van der Waals surface area (Å²) in [6, 6.07) is 7.65. The van der Waals surface area contributed by atoms with Crippen LogP contribution in [0, 0.1) is 5.41 Å². The predicted molar refractivity (Wildman–Crippen MR) is 70.2 cm³/mol. The van der Waals surface area contributed by atoms with Gasteiger partial charge in [0.2, 0.25) is 0 Å². The maximum absolute atomic E-state index is 9.41. The molecule has 0 aliphatic carbocycles. The van der Waals surface area contributed by atoms with Gasteiger partial charge >= 0.3 is 0 Å². The number of nitrogens with zero attached hydrogens (tertiary/aromatic N) is 1. The van der Waals surface area contributed by atoms with Gasteiger partial charge in [-0.15, -0.1) is 0 Å². The Hall–Kier alpha value is -1.55. The molecule has 4 nitrogen and oxygen atoms in total. The molecular weight excluding hydrogens is 214 g/mol. The van der Waals surface area contributed by atoms with Crippen molar-refractivity contribution in [2.45, 2.75) is 32.9 Å². The Balaban J connectivity index is 2.63. The number of nitrogens with one attached hydrogen (secondary N) is 1. The van der Waals surface area contributed by atoms with Gasteiger partial charge in [0.15, 0.2) is 0 Å². The molecule has 0 atom stereocenters. The Bertz CT molecular complexity index is 377. The van der Waals surface area contributed by atoms with E-state index >= 15 is 0 Å². The summed E-state index contributed by atoms with van der Waals surface area (Å²) in [4.78, 5) is 2.23. The standard InChI is InChI=1S/C13H21N3O/c1-10(2)16(7-6-13(14)15)9-11-4-3-5-12(17)8-11/h3-5,8,10,17H,6-7,9H2,1-2H3,(H3,14,15). The van der Waals surface area contributed by atoms with E-state index in [1.165, 1.54) is 0 Å². The molecule has 1 aromatic rings. The van der Waals surface area contributed by atoms with Gasteiger partial charge < -0.3 is 10.8 Å². The first kappa shape index (κ1) is 13.5. The quantitative estimate of drug-likeness (QED) is 0.521. The van der Waals surface area contributed by atoms with Gasteiger partial charge in [-0.2, -0.15) is 0 Å². The van der Waals surface area contributed by atoms with Gasteiger partial charge in [0.05, 0.1) is 5.84 Å². The van der Waals surface area contributed by atoms with Gasteiger partial charge in [0.1, 0.15) is 5.75 Å². The Morgan fingerprint density at radius 2 is 2.18 bits per heavy atom. The fourth-order valence-electron chi connectivity index (χ4n) is 1.67. The third kappa shape index (κ3) is 4.87. The average molecular weight is 235 g/mol. The van der Waals surface area contributed by atoms with E-state index in [9.17, 15) is 5.11 Å². The zero-order valence-corrected chi connectivity index (χ0v) is 10.5. The molecule has 0 radical (unpaired) electrons. The SMILES string of the molecule is CC(C)N(CCC(=N)N)Cc1cccc(O)c1. The molecule has 94 valence electrons. The van der Waals surface area contributed by atoms with E-state index in [1.807, 2.05) is 12.1 Å². The fourth-order valence-corrected chi connectivity index (χ4v) is 1.67. The van der Waals surface area contributed by atoms with Gasteiger partial charge in [0.25, 0.3) is 0 Å². The molecule has 4 N–H and O–H groups in total. The number of phenolic OH excluding ortho intramolecular Hbond substituents is 1. The summed E-state index contributed by atoms with van der Waals surface area (Å²) in [5, 5.41) is 16.7. The number of benzene rings is 1. The molecule has 1 aromatic carbocycles. The van der Waals surface area contributed by atoms with Gasteiger partial charge in [-0.25, -0.2) is 0 Å². The summed E-state index contributed by atoms with van der Waals surface area (Å²) < 4.78 is 0. The summed E-state index contributed by atoms with van der Waals surface area (Å²) in [7, 11) is 0. The van der Waals surface area contributed by atoms with Gasteiger partial charge in [-0.1, -0.05) is 12.1 Å². The lowest BCUT2D eigenvalue weighted by atomic mass is 10.1. The highest BCUT2D eigenvalue weighted by atomic mass is 16.3. The van der Waals surface area contributed by atoms with Crippen molar-refractivity contribution < 1.29 is 5.11 Å². The topological polar surface area (TPSA) is 73.3 Å². The summed E-state index contributed by atoms with van der Waals surface area (Å²) >= 11 is 0. The molecule has 0 spiro atoms. The Morgan fingerprint density at radius 1 is 1.47 bits per heavy atom. The third-order valence-electron chi connectivity index (χ3n) is 2.69. The maximum Gasteiger partial charge on any atom is 0.115 e. The molecule has 1 rings (SSSR count). The Morgan fingerprint density at radius 3 is 2.71 bits per heavy atom. The number of hydrogen-bond acceptors (Lipinski definition) is 3. The highest BCUT2D eigenvalue weighted by Crippen LogP contribution is 2.14. The first-order valence-electron chi connectivity index (χ1n) is 5.84. The van der Waals surface area contributed by atoms with Crippen molar-refractivity contribution in [2.75, 3.05) is 6.54 Å². The van der Waals surface area contributed by atoms with Crippen LogP contribution in [0.2, 0.25) is 0 Å². The van der Waals surface area contributed by atoms with Gasteiger partial charge in [-0.05, 0) is 31.5 Å². The second kappa shape index (κ2) is 6.25. The average Bonchev–Trinajstić information content (AvgIpc) is 2.23. The summed E-state index contributed by atoms with van der Waals surface area (Å²) in [6.07, 6.45) is 0.580. The fraction of sp³-hybridized carbons (Fsp3) is 0.462. The second-order valence-corrected chi connectivity index (χ2v) is 4.51. The van der Waals surface area contributed by atoms with Crippen LogP contribution in [0.4, 0.5) is 0 Å². The minimum atomic E-state index is 0.214. The number of aromatic hydroxyl groups is 1. The first-order valence-corrected chi connectivity index (χ1v) is 5.84. The molecule has 0 unspecified atom stereocenters. The van der Waals surface area contributed by atoms with E-state index in [2.05, 4.69) is 18.7 Å². The molecule has 0 saturated heterocycles. The second-order valence-electron chi connectivity index (χ2n) is 4.51. The van der Waals surface area contributed by atoms with E-state index in [0.717, 1.165) is 18.7 Å². The lowest BCUT2D eigenvalue weighted by Crippen LogP contribution is -2.33. The molecule has 0 saturated carbocycles. The lowest BCUT2D eigenvalue weighted by molar-refractivity contribution is 0.218. The molecule has 0 amide bonds. The van der Waals surface area contributed by atoms with Crippen molar-refractivity contribution in [1.29, 1.82) is 5.41 Å². The van der Waals surface area contributed by atoms with Gasteiger partial charge in [-0.3, -0.25) is 10.3 Å². The smallest absolute Gasteiger partial charge is 0.115 e. The van der Waals surface area contributed by atoms with Crippen LogP contribution in [0.15, 0.2) is 24.3 Å². The Labute approximate surface area is 103 Å². The summed E-state index contributed by atoms with van der Waals surface area (Å²) in [5.41, 5.74) is 6.45. The molecule has 0 bridgehead atoms. The molecule has 0 aliphatic heterocycles. The predicted octanol–water partition coefficient (Wildman–Crippen LogP) is 1.93. The molecule has 0 aromatic heterocycles. The normalized spacial score (nSPS) is 11.1. The van der Waals surface area contributed by atoms with E-state index in [1.54, 1.807) is 12.1 Å². The van der Waals surface area contributed by atoms with Crippen LogP contribution in [0.5, 0.6) is 5.75 Å². The monoisotopic (exact) mass is 235 g/mol. The molecule has 0 fully saturated rings. The lowest BCUT2D eigenvalue weighted by Gasteiger charge is -2.26. The highest BCUT2D eigenvalue weighted by Gasteiger charge is 2.10. The van der Waals surface area contributed by atoms with Crippen molar-refractivity contribution in [1.82, 2.24) is 4.90 Å². The van der Waals surface area contributed by atoms with Crippen LogP contribution in [-0.2, 0) is 6.54 Å². The number of rotatable bonds is 6. The number of hydrogen-bond donors (Lipinski definition) is 3. The minimum absolute atomic E-state index is 0.214. The summed E-state index contributed by atoms with van der Waals surface area (Å²) in [5.74, 6) is 0.504. The first-order chi connectivity index (χ1) is 7.99. The summed E-state index contributed by atoms with van der Waals surface area (Å²) in [6.45, 7) is 5.76. The van der Waals surface area contributed by atoms with Crippen molar-refractivity contribution in [3.63, 3.8) is 0 Å². The van der Waals surface area contributed by atoms with Crippen molar-refractivity contribution in [2.24, 2.45) is 5.73 Å². The van der Waals surface area contributed by atoms with Crippen LogP contribution in [-0.4, -0.2) is 28.4 Å². The largest absolute Gasteiger partial charge is 0.508 e. The minimum Gasteiger partial charge on any atom is -0.508 e. The van der Waals surface area contributed by atoms with E-state index in [4.69, 9.17) is 11.1 Å². The third-order valence-corrected chi connectivity index (χ3v) is 2.69. The van der Waals surface area contributed by atoms with Crippen LogP contribution >= 0.6 is 0 Å². The maximum atomic E-state index is 9.41. The Kier molecular flexibility index (Phi) is 4.97. The zero-order valence-electron chi connectivity index (χ0n) is 10.5. The van der Waals surface area contributed by atoms with Crippen LogP contribution in [0.1, 0.15) is 25.8 Å². The van der Waals surface area contributed by atoms with E-state index in [-0.39, 0.29) is 11.6 Å². The van der Waals surface area contributed by atoms with Crippen LogP contribution in [0.25, 0.3) is 0 Å². The molecule has 0 aliphatic rings. The number of phenols is 1. The molecule has 0 heterocycles. The molecule has 4 heteroatoms. The molecular formula is C13H21N3O. The zero-order chi connectivity index (χ0) is 12.8. The van der Waals surface area contributed by atoms with Crippen molar-refractivity contribution in [3.05, 3.63) is 29.8 Å². The highest BCUT2D eigenvalue weighted by molar-refractivity contribution is 5.76. The number of amidine groups is 1.